The molecule has 0 aliphatic heterocycles. The number of nitrogens with zero attached hydrogens (tertiary/aromatic N) is 1. The van der Waals surface area contributed by atoms with Gasteiger partial charge in [-0.25, -0.2) is 0 Å². The van der Waals surface area contributed by atoms with Crippen LogP contribution >= 0.6 is 0 Å². The summed E-state index contributed by atoms with van der Waals surface area (Å²) in [6.07, 6.45) is 9.32. The summed E-state index contributed by atoms with van der Waals surface area (Å²) in [5.74, 6) is 0. The second-order valence-corrected chi connectivity index (χ2v) is 3.43. The second-order valence-electron chi connectivity index (χ2n) is 3.43. The van der Waals surface area contributed by atoms with Crippen LogP contribution in [0.25, 0.3) is 0 Å². The molecule has 1 rings (SSSR count). The summed E-state index contributed by atoms with van der Waals surface area (Å²) < 4.78 is 0. The van der Waals surface area contributed by atoms with E-state index in [-0.39, 0.29) is 0 Å². The molecule has 0 aromatic rings. The molecule has 0 N–H and O–H groups in total. The van der Waals surface area contributed by atoms with Crippen LogP contribution in [0.4, 0.5) is 0 Å². The van der Waals surface area contributed by atoms with Gasteiger partial charge in [0.05, 0.1) is 0 Å². The van der Waals surface area contributed by atoms with Crippen molar-refractivity contribution in [3.05, 3.63) is 24.9 Å². The van der Waals surface area contributed by atoms with Gasteiger partial charge in [0.25, 0.3) is 0 Å². The van der Waals surface area contributed by atoms with Crippen LogP contribution in [0.15, 0.2) is 29.9 Å². The Balaban J connectivity index is 2.57. The van der Waals surface area contributed by atoms with Crippen molar-refractivity contribution < 1.29 is 0 Å². The zero-order valence-corrected chi connectivity index (χ0v) is 8.01. The number of allylic oxidation sites excluding steroid dienone is 2. The van der Waals surface area contributed by atoms with Gasteiger partial charge in [0.1, 0.15) is 0 Å². The number of hydrogen-bond donors (Lipinski definition) is 0. The highest BCUT2D eigenvalue weighted by Crippen LogP contribution is 2.49. The standard InChI is InChI=1S/C11H17N/c1-4-6-9-12-10(3)11(5-2)7-8-11/h4,6,9H,1,5,7-8H2,2-3H3/b9-6-,12-10?. The van der Waals surface area contributed by atoms with Crippen LogP contribution in [0, 0.1) is 5.41 Å². The van der Waals surface area contributed by atoms with Gasteiger partial charge in [-0.15, -0.1) is 0 Å². The van der Waals surface area contributed by atoms with Gasteiger partial charge in [-0.1, -0.05) is 19.6 Å². The molecule has 0 aromatic heterocycles. The van der Waals surface area contributed by atoms with Crippen LogP contribution in [0.1, 0.15) is 33.1 Å². The summed E-state index contributed by atoms with van der Waals surface area (Å²) in [7, 11) is 0. The molecule has 1 nitrogen and oxygen atoms in total. The van der Waals surface area contributed by atoms with Crippen LogP contribution < -0.4 is 0 Å². The summed E-state index contributed by atoms with van der Waals surface area (Å²) in [6.45, 7) is 7.97. The van der Waals surface area contributed by atoms with Crippen LogP contribution in [0.2, 0.25) is 0 Å². The third-order valence-electron chi connectivity index (χ3n) is 2.79. The van der Waals surface area contributed by atoms with E-state index in [9.17, 15) is 0 Å². The molecule has 0 spiro atoms. The van der Waals surface area contributed by atoms with Gasteiger partial charge in [0.2, 0.25) is 0 Å². The van der Waals surface area contributed by atoms with Crippen molar-refractivity contribution in [1.29, 1.82) is 0 Å². The Bertz CT molecular complexity index is 219. The van der Waals surface area contributed by atoms with Crippen molar-refractivity contribution in [2.24, 2.45) is 10.4 Å². The summed E-state index contributed by atoms with van der Waals surface area (Å²) >= 11 is 0. The number of aliphatic imine (C=N–C) groups is 1. The highest BCUT2D eigenvalue weighted by molar-refractivity contribution is 5.90. The highest BCUT2D eigenvalue weighted by Gasteiger charge is 2.43. The fourth-order valence-electron chi connectivity index (χ4n) is 1.47. The predicted molar refractivity (Wildman–Crippen MR) is 54.4 cm³/mol. The average Bonchev–Trinajstić information content (AvgIpc) is 2.85. The monoisotopic (exact) mass is 163 g/mol. The largest absolute Gasteiger partial charge is 0.265 e. The summed E-state index contributed by atoms with van der Waals surface area (Å²) in [5.41, 5.74) is 1.74. The van der Waals surface area contributed by atoms with Crippen molar-refractivity contribution in [3.8, 4) is 0 Å². The average molecular weight is 163 g/mol. The molecule has 1 heteroatoms. The van der Waals surface area contributed by atoms with Gasteiger partial charge in [-0.2, -0.15) is 0 Å². The zero-order chi connectivity index (χ0) is 9.03. The fourth-order valence-corrected chi connectivity index (χ4v) is 1.47. The van der Waals surface area contributed by atoms with E-state index >= 15 is 0 Å². The molecular weight excluding hydrogens is 146 g/mol. The van der Waals surface area contributed by atoms with Gasteiger partial charge in [0.15, 0.2) is 0 Å². The topological polar surface area (TPSA) is 12.4 Å². The molecule has 0 bridgehead atoms. The molecule has 0 saturated heterocycles. The van der Waals surface area contributed by atoms with E-state index in [0.717, 1.165) is 0 Å². The SMILES string of the molecule is C=C/C=C\N=C(C)C1(CC)CC1. The van der Waals surface area contributed by atoms with Crippen LogP contribution in [0.3, 0.4) is 0 Å². The third kappa shape index (κ3) is 1.84. The minimum atomic E-state index is 0.464. The van der Waals surface area contributed by atoms with Crippen molar-refractivity contribution in [2.45, 2.75) is 33.1 Å². The Morgan fingerprint density at radius 3 is 2.67 bits per heavy atom. The Labute approximate surface area is 74.9 Å². The molecule has 0 radical (unpaired) electrons. The van der Waals surface area contributed by atoms with Gasteiger partial charge in [-0.3, -0.25) is 4.99 Å². The maximum absolute atomic E-state index is 4.38. The van der Waals surface area contributed by atoms with E-state index in [0.29, 0.717) is 5.41 Å². The fraction of sp³-hybridized carbons (Fsp3) is 0.545. The van der Waals surface area contributed by atoms with E-state index < -0.39 is 0 Å². The lowest BCUT2D eigenvalue weighted by Gasteiger charge is -2.09. The van der Waals surface area contributed by atoms with Crippen molar-refractivity contribution >= 4 is 5.71 Å². The maximum atomic E-state index is 4.38. The first-order valence-corrected chi connectivity index (χ1v) is 4.57. The highest BCUT2D eigenvalue weighted by atomic mass is 14.7. The molecule has 0 unspecified atom stereocenters. The Kier molecular flexibility index (Phi) is 2.85. The van der Waals surface area contributed by atoms with Crippen LogP contribution in [0.5, 0.6) is 0 Å². The van der Waals surface area contributed by atoms with Crippen molar-refractivity contribution in [3.63, 3.8) is 0 Å². The molecule has 66 valence electrons. The predicted octanol–water partition coefficient (Wildman–Crippen LogP) is 3.34. The van der Waals surface area contributed by atoms with Crippen LogP contribution in [-0.2, 0) is 0 Å². The first-order valence-electron chi connectivity index (χ1n) is 4.57. The van der Waals surface area contributed by atoms with E-state index in [1.807, 2.05) is 12.3 Å². The Hall–Kier alpha value is -0.850. The van der Waals surface area contributed by atoms with Crippen molar-refractivity contribution in [1.82, 2.24) is 0 Å². The quantitative estimate of drug-likeness (QED) is 0.445. The molecular formula is C11H17N. The molecule has 0 heterocycles. The van der Waals surface area contributed by atoms with Gasteiger partial charge in [-0.05, 0) is 32.3 Å². The first-order chi connectivity index (χ1) is 5.75. The normalized spacial score (nSPS) is 21.3. The Morgan fingerprint density at radius 2 is 2.25 bits per heavy atom. The molecule has 1 aliphatic rings. The summed E-state index contributed by atoms with van der Waals surface area (Å²) in [6, 6.07) is 0. The molecule has 1 aliphatic carbocycles. The Morgan fingerprint density at radius 1 is 1.58 bits per heavy atom. The molecule has 0 amide bonds. The minimum absolute atomic E-state index is 0.464. The lowest BCUT2D eigenvalue weighted by atomic mass is 9.98. The first kappa shape index (κ1) is 9.24. The van der Waals surface area contributed by atoms with E-state index in [1.165, 1.54) is 25.0 Å². The van der Waals surface area contributed by atoms with Gasteiger partial charge in [0, 0.05) is 17.3 Å². The van der Waals surface area contributed by atoms with E-state index in [4.69, 9.17) is 0 Å². The van der Waals surface area contributed by atoms with Crippen molar-refractivity contribution in [2.75, 3.05) is 0 Å². The van der Waals surface area contributed by atoms with Gasteiger partial charge < -0.3 is 0 Å². The second kappa shape index (κ2) is 3.70. The molecule has 0 atom stereocenters. The molecule has 12 heavy (non-hydrogen) atoms. The van der Waals surface area contributed by atoms with E-state index in [1.54, 1.807) is 6.08 Å². The number of hydrogen-bond acceptors (Lipinski definition) is 1. The lowest BCUT2D eigenvalue weighted by molar-refractivity contribution is 0.666. The van der Waals surface area contributed by atoms with E-state index in [2.05, 4.69) is 25.4 Å². The summed E-state index contributed by atoms with van der Waals surface area (Å²) in [5, 5.41) is 0. The smallest absolute Gasteiger partial charge is 0.0267 e. The molecule has 0 aromatic carbocycles. The molecule has 1 saturated carbocycles. The zero-order valence-electron chi connectivity index (χ0n) is 8.01. The maximum Gasteiger partial charge on any atom is 0.0267 e. The number of rotatable bonds is 4. The van der Waals surface area contributed by atoms with Crippen LogP contribution in [-0.4, -0.2) is 5.71 Å². The molecule has 1 fully saturated rings. The third-order valence-corrected chi connectivity index (χ3v) is 2.79. The summed E-state index contributed by atoms with van der Waals surface area (Å²) in [4.78, 5) is 4.38. The van der Waals surface area contributed by atoms with Gasteiger partial charge >= 0.3 is 0 Å². The minimum Gasteiger partial charge on any atom is -0.265 e. The lowest BCUT2D eigenvalue weighted by Crippen LogP contribution is -2.09.